The number of rotatable bonds is 7. The van der Waals surface area contributed by atoms with E-state index in [0.717, 1.165) is 11.3 Å². The first-order chi connectivity index (χ1) is 13.7. The number of amides is 1. The molecule has 1 amide bonds. The molecule has 1 aliphatic rings. The summed E-state index contributed by atoms with van der Waals surface area (Å²) >= 11 is 0. The summed E-state index contributed by atoms with van der Waals surface area (Å²) in [5.74, 6) is 0.934. The van der Waals surface area contributed by atoms with Crippen LogP contribution >= 0.6 is 0 Å². The highest BCUT2D eigenvalue weighted by molar-refractivity contribution is 7.90. The molecule has 0 saturated carbocycles. The molecule has 0 spiro atoms. The minimum Gasteiger partial charge on any atom is -0.496 e. The number of nitrogens with zero attached hydrogens (tertiary/aromatic N) is 1. The highest BCUT2D eigenvalue weighted by atomic mass is 32.2. The molecule has 0 aromatic heterocycles. The number of methoxy groups -OCH3 is 1. The van der Waals surface area contributed by atoms with Crippen molar-refractivity contribution in [2.75, 3.05) is 12.4 Å². The minimum atomic E-state index is -3.74. The fraction of sp³-hybridized carbons (Fsp3) is 0.333. The van der Waals surface area contributed by atoms with Gasteiger partial charge in [0.05, 0.1) is 12.8 Å². The van der Waals surface area contributed by atoms with Gasteiger partial charge in [0.1, 0.15) is 16.5 Å². The van der Waals surface area contributed by atoms with Crippen LogP contribution in [0.25, 0.3) is 0 Å². The van der Waals surface area contributed by atoms with Crippen molar-refractivity contribution in [3.05, 3.63) is 54.1 Å². The molecule has 0 unspecified atom stereocenters. The SMILES string of the molecule is COc1ccccc1CNC(=O)CC(C)(C)CC1=NS(=O)(=O)c2ccccc2N1. The van der Waals surface area contributed by atoms with Gasteiger partial charge in [0.2, 0.25) is 5.91 Å². The monoisotopic (exact) mass is 415 g/mol. The van der Waals surface area contributed by atoms with Crippen molar-refractivity contribution < 1.29 is 17.9 Å². The lowest BCUT2D eigenvalue weighted by Gasteiger charge is -2.27. The second-order valence-electron chi connectivity index (χ2n) is 7.74. The molecule has 0 radical (unpaired) electrons. The van der Waals surface area contributed by atoms with E-state index in [1.807, 2.05) is 38.1 Å². The largest absolute Gasteiger partial charge is 0.496 e. The number of fused-ring (bicyclic) bond motifs is 1. The number of nitrogens with one attached hydrogen (secondary N) is 2. The van der Waals surface area contributed by atoms with Crippen LogP contribution in [0.4, 0.5) is 5.69 Å². The molecule has 0 aliphatic carbocycles. The van der Waals surface area contributed by atoms with Crippen molar-refractivity contribution in [2.24, 2.45) is 9.81 Å². The van der Waals surface area contributed by atoms with Gasteiger partial charge < -0.3 is 15.4 Å². The van der Waals surface area contributed by atoms with E-state index in [9.17, 15) is 13.2 Å². The third-order valence-corrected chi connectivity index (χ3v) is 6.00. The zero-order valence-electron chi connectivity index (χ0n) is 16.7. The zero-order valence-corrected chi connectivity index (χ0v) is 17.5. The number of hydrogen-bond acceptors (Lipinski definition) is 5. The Bertz CT molecular complexity index is 1050. The standard InChI is InChI=1S/C21H25N3O4S/c1-21(2,13-20(25)22-14-15-8-4-6-10-17(15)28-3)12-19-23-16-9-5-7-11-18(16)29(26,27)24-19/h4-11H,12-14H2,1-3H3,(H,22,25)(H,23,24). The maximum Gasteiger partial charge on any atom is 0.286 e. The highest BCUT2D eigenvalue weighted by Gasteiger charge is 2.30. The second-order valence-corrected chi connectivity index (χ2v) is 9.31. The van der Waals surface area contributed by atoms with Crippen LogP contribution in [-0.2, 0) is 21.4 Å². The molecule has 3 rings (SSSR count). The number of sulfonamides is 1. The fourth-order valence-corrected chi connectivity index (χ4v) is 4.45. The normalized spacial score (nSPS) is 14.9. The van der Waals surface area contributed by atoms with Crippen molar-refractivity contribution in [1.82, 2.24) is 5.32 Å². The van der Waals surface area contributed by atoms with Crippen LogP contribution in [0.3, 0.4) is 0 Å². The van der Waals surface area contributed by atoms with Crippen molar-refractivity contribution in [3.63, 3.8) is 0 Å². The number of anilines is 1. The van der Waals surface area contributed by atoms with Crippen molar-refractivity contribution in [2.45, 2.75) is 38.1 Å². The molecular formula is C21H25N3O4S. The van der Waals surface area contributed by atoms with Crippen LogP contribution in [0.2, 0.25) is 0 Å². The Kier molecular flexibility index (Phi) is 5.93. The van der Waals surface area contributed by atoms with Gasteiger partial charge in [-0.1, -0.05) is 44.2 Å². The molecule has 0 saturated heterocycles. The van der Waals surface area contributed by atoms with Gasteiger partial charge in [0.25, 0.3) is 10.0 Å². The molecule has 7 nitrogen and oxygen atoms in total. The first kappa shape index (κ1) is 20.9. The molecule has 2 N–H and O–H groups in total. The fourth-order valence-electron chi connectivity index (χ4n) is 3.30. The number of para-hydroxylation sites is 2. The van der Waals surface area contributed by atoms with Gasteiger partial charge in [-0.05, 0) is 23.6 Å². The lowest BCUT2D eigenvalue weighted by Crippen LogP contribution is -2.32. The molecule has 0 fully saturated rings. The highest BCUT2D eigenvalue weighted by Crippen LogP contribution is 2.32. The number of amidine groups is 1. The third-order valence-electron chi connectivity index (χ3n) is 4.63. The van der Waals surface area contributed by atoms with E-state index in [-0.39, 0.29) is 17.2 Å². The molecule has 0 bridgehead atoms. The van der Waals surface area contributed by atoms with Crippen LogP contribution in [0, 0.1) is 5.41 Å². The molecule has 8 heteroatoms. The quantitative estimate of drug-likeness (QED) is 0.723. The third kappa shape index (κ3) is 5.14. The van der Waals surface area contributed by atoms with Gasteiger partial charge in [-0.2, -0.15) is 8.42 Å². The molecule has 2 aromatic rings. The van der Waals surface area contributed by atoms with Crippen molar-refractivity contribution >= 4 is 27.5 Å². The van der Waals surface area contributed by atoms with Gasteiger partial charge >= 0.3 is 0 Å². The predicted molar refractivity (Wildman–Crippen MR) is 113 cm³/mol. The Hall–Kier alpha value is -2.87. The van der Waals surface area contributed by atoms with Crippen LogP contribution in [0.5, 0.6) is 5.75 Å². The Balaban J connectivity index is 1.63. The van der Waals surface area contributed by atoms with Crippen LogP contribution in [0.15, 0.2) is 57.8 Å². The summed E-state index contributed by atoms with van der Waals surface area (Å²) in [5, 5.41) is 5.98. The molecule has 154 valence electrons. The summed E-state index contributed by atoms with van der Waals surface area (Å²) in [7, 11) is -2.14. The van der Waals surface area contributed by atoms with Gasteiger partial charge in [-0.3, -0.25) is 4.79 Å². The topological polar surface area (TPSA) is 96.9 Å². The molecule has 0 atom stereocenters. The average molecular weight is 416 g/mol. The summed E-state index contributed by atoms with van der Waals surface area (Å²) in [6.45, 7) is 4.18. The van der Waals surface area contributed by atoms with E-state index < -0.39 is 15.4 Å². The predicted octanol–water partition coefficient (Wildman–Crippen LogP) is 3.33. The van der Waals surface area contributed by atoms with Crippen molar-refractivity contribution in [1.29, 1.82) is 0 Å². The number of carbonyl (C=O) groups is 1. The summed E-state index contributed by atoms with van der Waals surface area (Å²) < 4.78 is 34.0. The van der Waals surface area contributed by atoms with E-state index in [1.54, 1.807) is 25.3 Å². The minimum absolute atomic E-state index is 0.124. The first-order valence-corrected chi connectivity index (χ1v) is 10.7. The Morgan fingerprint density at radius 1 is 1.14 bits per heavy atom. The zero-order chi connectivity index (χ0) is 21.1. The molecule has 29 heavy (non-hydrogen) atoms. The second kappa shape index (κ2) is 8.24. The van der Waals surface area contributed by atoms with E-state index >= 15 is 0 Å². The number of carbonyl (C=O) groups excluding carboxylic acids is 1. The van der Waals surface area contributed by atoms with Crippen molar-refractivity contribution in [3.8, 4) is 5.75 Å². The lowest BCUT2D eigenvalue weighted by atomic mass is 9.84. The van der Waals surface area contributed by atoms with E-state index in [2.05, 4.69) is 15.0 Å². The van der Waals surface area contributed by atoms with E-state index in [4.69, 9.17) is 4.74 Å². The summed E-state index contributed by atoms with van der Waals surface area (Å²) in [6.07, 6.45) is 0.549. The Morgan fingerprint density at radius 2 is 1.83 bits per heavy atom. The van der Waals surface area contributed by atoms with Gasteiger partial charge in [0, 0.05) is 24.9 Å². The molecule has 1 aliphatic heterocycles. The maximum absolute atomic E-state index is 12.5. The summed E-state index contributed by atoms with van der Waals surface area (Å²) in [4.78, 5) is 12.6. The van der Waals surface area contributed by atoms with Gasteiger partial charge in [0.15, 0.2) is 0 Å². The van der Waals surface area contributed by atoms with Crippen LogP contribution < -0.4 is 15.4 Å². The summed E-state index contributed by atoms with van der Waals surface area (Å²) in [5.41, 5.74) is 0.912. The molecular weight excluding hydrogens is 390 g/mol. The Labute approximate surface area is 171 Å². The summed E-state index contributed by atoms with van der Waals surface area (Å²) in [6, 6.07) is 14.2. The molecule has 1 heterocycles. The molecule has 2 aromatic carbocycles. The van der Waals surface area contributed by atoms with E-state index in [0.29, 0.717) is 24.5 Å². The van der Waals surface area contributed by atoms with Gasteiger partial charge in [-0.15, -0.1) is 4.40 Å². The lowest BCUT2D eigenvalue weighted by molar-refractivity contribution is -0.123. The van der Waals surface area contributed by atoms with Crippen LogP contribution in [-0.4, -0.2) is 27.3 Å². The average Bonchev–Trinajstić information content (AvgIpc) is 2.65. The Morgan fingerprint density at radius 3 is 2.59 bits per heavy atom. The first-order valence-electron chi connectivity index (χ1n) is 9.29. The number of hydrogen-bond donors (Lipinski definition) is 2. The van der Waals surface area contributed by atoms with Crippen LogP contribution in [0.1, 0.15) is 32.3 Å². The smallest absolute Gasteiger partial charge is 0.286 e. The number of ether oxygens (including phenoxy) is 1. The van der Waals surface area contributed by atoms with E-state index in [1.165, 1.54) is 6.07 Å². The van der Waals surface area contributed by atoms with Gasteiger partial charge in [-0.25, -0.2) is 0 Å². The maximum atomic E-state index is 12.5. The number of benzene rings is 2.